The van der Waals surface area contributed by atoms with Crippen molar-refractivity contribution in [3.8, 4) is 101 Å². The molecule has 6 nitrogen and oxygen atoms in total. The van der Waals surface area contributed by atoms with E-state index in [1.807, 2.05) is 47.8 Å². The van der Waals surface area contributed by atoms with Crippen LogP contribution >= 0.6 is 23.5 Å². The molecule has 4 aliphatic rings. The van der Waals surface area contributed by atoms with Gasteiger partial charge in [0.15, 0.2) is 0 Å². The highest BCUT2D eigenvalue weighted by Crippen LogP contribution is 2.65. The molecule has 0 bridgehead atoms. The van der Waals surface area contributed by atoms with Crippen molar-refractivity contribution in [1.82, 2.24) is 24.5 Å². The lowest BCUT2D eigenvalue weighted by Gasteiger charge is -2.40. The first-order valence-electron chi connectivity index (χ1n) is 41.8. The van der Waals surface area contributed by atoms with Crippen LogP contribution in [0.5, 0.6) is 0 Å². The summed E-state index contributed by atoms with van der Waals surface area (Å²) in [4.78, 5) is 26.4. The zero-order valence-corrected chi connectivity index (χ0v) is 67.9. The van der Waals surface area contributed by atoms with Crippen LogP contribution in [0.3, 0.4) is 0 Å². The lowest BCUT2D eigenvalue weighted by molar-refractivity contribution is 0.724. The van der Waals surface area contributed by atoms with Gasteiger partial charge in [-0.25, -0.2) is 19.9 Å². The summed E-state index contributed by atoms with van der Waals surface area (Å²) in [7, 11) is 0. The van der Waals surface area contributed by atoms with Gasteiger partial charge in [0.1, 0.15) is 0 Å². The highest BCUT2D eigenvalue weighted by molar-refractivity contribution is 7.99. The third-order valence-corrected chi connectivity index (χ3v) is 28.3. The molecule has 123 heavy (non-hydrogen) atoms. The third kappa shape index (κ3) is 10.7. The van der Waals surface area contributed by atoms with Crippen molar-refractivity contribution in [1.29, 1.82) is 5.26 Å². The first-order valence-corrected chi connectivity index (χ1v) is 43.4. The first-order chi connectivity index (χ1) is 60.9. The molecule has 6 heterocycles. The maximum Gasteiger partial charge on any atom is 0.0991 e. The number of rotatable bonds is 7. The summed E-state index contributed by atoms with van der Waals surface area (Å²) >= 11 is 3.75. The molecule has 18 aromatic carbocycles. The number of para-hydroxylation sites is 3. The highest BCUT2D eigenvalue weighted by Gasteiger charge is 2.52. The molecule has 0 saturated carbocycles. The van der Waals surface area contributed by atoms with Gasteiger partial charge in [0, 0.05) is 79.8 Å². The Morgan fingerprint density at radius 3 is 1.07 bits per heavy atom. The summed E-state index contributed by atoms with van der Waals surface area (Å²) in [5, 5.41) is 18.9. The molecule has 8 heteroatoms. The minimum Gasteiger partial charge on any atom is -0.309 e. The fourth-order valence-corrected chi connectivity index (χ4v) is 23.1. The standard InChI is InChI=1S/C58H35N3S.C57H33N3S/c1-3-15-37(16-4-1)56-57(38-17-5-2-6-18-38)61-52-33-40(31-32-51(52)60-56)36-27-29-39(30-28-36)55-45-35-54-49(34-44(45)43-21-9-13-25-50(43)59-55)58(48-24-12-14-26-53(48)62-54)46-22-10-7-19-41(46)42-20-8-11-23-47(42)58;58-34-35-21-30-53-45(31-35)43-14-4-9-19-52(43)60(53)39-28-26-37(27-29-39)36-22-24-38(25-23-36)56-46-33-55-50(32-44(46)42-13-3-8-18-51(42)59-56)57(49-17-7-10-20-54(49)61-55)47-15-5-1-11-40(47)41-12-2-6-16-48(41)57/h1-35H;1-33H. The van der Waals surface area contributed by atoms with Gasteiger partial charge in [0.05, 0.1) is 78.3 Å². The van der Waals surface area contributed by atoms with Crippen LogP contribution < -0.4 is 0 Å². The Labute approximate surface area is 718 Å². The monoisotopic (exact) mass is 1600 g/mol. The largest absolute Gasteiger partial charge is 0.309 e. The molecule has 0 atom stereocenters. The maximum absolute atomic E-state index is 9.60. The Bertz CT molecular complexity index is 8160. The Balaban J connectivity index is 0.000000135. The molecule has 0 amide bonds. The molecule has 0 saturated heterocycles. The van der Waals surface area contributed by atoms with Crippen molar-refractivity contribution in [3.63, 3.8) is 0 Å². The van der Waals surface area contributed by atoms with Gasteiger partial charge in [0.2, 0.25) is 0 Å². The smallest absolute Gasteiger partial charge is 0.0991 e. The van der Waals surface area contributed by atoms with E-state index in [-0.39, 0.29) is 0 Å². The number of hydrogen-bond acceptors (Lipinski definition) is 7. The van der Waals surface area contributed by atoms with E-state index < -0.39 is 10.8 Å². The lowest BCUT2D eigenvalue weighted by atomic mass is 9.67. The normalized spacial score (nSPS) is 13.3. The third-order valence-electron chi connectivity index (χ3n) is 26.0. The van der Waals surface area contributed by atoms with Gasteiger partial charge in [-0.3, -0.25) is 0 Å². The number of benzene rings is 18. The summed E-state index contributed by atoms with van der Waals surface area (Å²) in [6.45, 7) is 0. The molecule has 4 aromatic heterocycles. The van der Waals surface area contributed by atoms with Crippen LogP contribution in [0.4, 0.5) is 0 Å². The van der Waals surface area contributed by atoms with E-state index in [1.165, 1.54) is 97.1 Å². The number of nitrogens with zero attached hydrogens (tertiary/aromatic N) is 6. The van der Waals surface area contributed by atoms with Crippen molar-refractivity contribution in [2.45, 2.75) is 30.4 Å². The van der Waals surface area contributed by atoms with E-state index in [1.54, 1.807) is 0 Å². The molecule has 2 aliphatic carbocycles. The van der Waals surface area contributed by atoms with E-state index >= 15 is 0 Å². The molecule has 22 aromatic rings. The minimum absolute atomic E-state index is 0.442. The van der Waals surface area contributed by atoms with Crippen molar-refractivity contribution in [2.24, 2.45) is 0 Å². The van der Waals surface area contributed by atoms with Crippen LogP contribution in [0.25, 0.3) is 171 Å². The molecular formula is C115H68N6S2. The Morgan fingerprint density at radius 1 is 0.220 bits per heavy atom. The van der Waals surface area contributed by atoms with Gasteiger partial charge in [-0.1, -0.05) is 339 Å². The SMILES string of the molecule is N#Cc1ccc2c(c1)c1ccccc1n2-c1ccc(-c2ccc(-c3nc4ccccc4c4cc5c(cc34)Sc3ccccc3C53c4ccccc4-c4ccccc43)cc2)cc1.c1ccc(-c2nc3ccc(-c4ccc(-c5nc6ccccc6c6cc7c(cc56)Sc5ccccc5C75c6ccccc6-c6ccccc65)cc4)cc3nc2-c2ccccc2)cc1. The molecule has 0 unspecified atom stereocenters. The molecule has 26 rings (SSSR count). The van der Waals surface area contributed by atoms with E-state index in [2.05, 4.69) is 399 Å². The van der Waals surface area contributed by atoms with Crippen LogP contribution in [0.15, 0.2) is 432 Å². The predicted molar refractivity (Wildman–Crippen MR) is 506 cm³/mol. The second kappa shape index (κ2) is 27.9. The number of aromatic nitrogens is 5. The number of nitriles is 1. The van der Waals surface area contributed by atoms with Gasteiger partial charge in [-0.2, -0.15) is 5.26 Å². The summed E-state index contributed by atoms with van der Waals surface area (Å²) in [5.74, 6) is 0. The number of fused-ring (bicyclic) bond motifs is 28. The van der Waals surface area contributed by atoms with Crippen LogP contribution in [0.2, 0.25) is 0 Å². The second-order valence-corrected chi connectivity index (χ2v) is 34.5. The number of pyridine rings is 2. The molecule has 2 spiro atoms. The molecule has 0 radical (unpaired) electrons. The maximum atomic E-state index is 9.60. The first kappa shape index (κ1) is 70.6. The second-order valence-electron chi connectivity index (χ2n) is 32.4. The lowest BCUT2D eigenvalue weighted by Crippen LogP contribution is -2.32. The number of hydrogen-bond donors (Lipinski definition) is 0. The summed E-state index contributed by atoms with van der Waals surface area (Å²) in [6, 6.07) is 151. The molecule has 0 fully saturated rings. The van der Waals surface area contributed by atoms with Crippen LogP contribution in [-0.2, 0) is 10.8 Å². The average molecular weight is 1600 g/mol. The topological polar surface area (TPSA) is 80.3 Å². The zero-order valence-electron chi connectivity index (χ0n) is 66.3. The van der Waals surface area contributed by atoms with Gasteiger partial charge < -0.3 is 4.57 Å². The fourth-order valence-electron chi connectivity index (χ4n) is 20.6. The Morgan fingerprint density at radius 2 is 0.585 bits per heavy atom. The summed E-state index contributed by atoms with van der Waals surface area (Å²) in [5.41, 5.74) is 35.2. The summed E-state index contributed by atoms with van der Waals surface area (Å²) < 4.78 is 2.29. The van der Waals surface area contributed by atoms with E-state index in [0.29, 0.717) is 5.56 Å². The van der Waals surface area contributed by atoms with Crippen molar-refractivity contribution in [2.75, 3.05) is 0 Å². The van der Waals surface area contributed by atoms with E-state index in [0.717, 1.165) is 138 Å². The predicted octanol–water partition coefficient (Wildman–Crippen LogP) is 29.3. The van der Waals surface area contributed by atoms with Crippen LogP contribution in [0.1, 0.15) is 50.1 Å². The van der Waals surface area contributed by atoms with E-state index in [9.17, 15) is 5.26 Å². The van der Waals surface area contributed by atoms with Gasteiger partial charge >= 0.3 is 0 Å². The van der Waals surface area contributed by atoms with Crippen molar-refractivity contribution < 1.29 is 0 Å². The van der Waals surface area contributed by atoms with Crippen molar-refractivity contribution >= 4 is 99.7 Å². The Kier molecular flexibility index (Phi) is 16.0. The Hall–Kier alpha value is -15.4. The highest BCUT2D eigenvalue weighted by atomic mass is 32.2. The summed E-state index contributed by atoms with van der Waals surface area (Å²) in [6.07, 6.45) is 0. The van der Waals surface area contributed by atoms with Crippen LogP contribution in [-0.4, -0.2) is 24.5 Å². The fraction of sp³-hybridized carbons (Fsp3) is 0.0174. The molecule has 2 aliphatic heterocycles. The van der Waals surface area contributed by atoms with Gasteiger partial charge in [-0.05, 0) is 197 Å². The van der Waals surface area contributed by atoms with Gasteiger partial charge in [0.25, 0.3) is 0 Å². The van der Waals surface area contributed by atoms with Gasteiger partial charge in [-0.15, -0.1) is 0 Å². The molecule has 570 valence electrons. The van der Waals surface area contributed by atoms with Crippen molar-refractivity contribution in [3.05, 3.63) is 463 Å². The quantitative estimate of drug-likeness (QED) is 0.147. The van der Waals surface area contributed by atoms with Crippen LogP contribution in [0, 0.1) is 11.3 Å². The zero-order chi connectivity index (χ0) is 81.0. The molecule has 0 N–H and O–H groups in total. The molecular weight excluding hydrogens is 1530 g/mol. The minimum atomic E-state index is -0.444. The average Bonchev–Trinajstić information content (AvgIpc) is 1.52. The van der Waals surface area contributed by atoms with E-state index in [4.69, 9.17) is 19.9 Å².